The number of aliphatic imine (C=N–C) groups is 1. The molecule has 0 aliphatic carbocycles. The van der Waals surface area contributed by atoms with Crippen molar-refractivity contribution in [1.82, 2.24) is 10.5 Å². The molecule has 2 N–H and O–H groups in total. The van der Waals surface area contributed by atoms with Crippen molar-refractivity contribution in [3.63, 3.8) is 0 Å². The summed E-state index contributed by atoms with van der Waals surface area (Å²) in [5.74, 6) is 2.26. The van der Waals surface area contributed by atoms with Crippen molar-refractivity contribution in [1.29, 1.82) is 0 Å². The maximum absolute atomic E-state index is 9.44. The highest BCUT2D eigenvalue weighted by Crippen LogP contribution is 2.43. The first-order chi connectivity index (χ1) is 12.7. The smallest absolute Gasteiger partial charge is 0.219 e. The molecule has 0 radical (unpaired) electrons. The van der Waals surface area contributed by atoms with Gasteiger partial charge in [-0.25, -0.2) is 4.98 Å². The Balaban J connectivity index is 1.81. The monoisotopic (exact) mass is 369 g/mol. The minimum Gasteiger partial charge on any atom is -0.483 e. The van der Waals surface area contributed by atoms with Gasteiger partial charge in [-0.15, -0.1) is 0 Å². The van der Waals surface area contributed by atoms with Crippen LogP contribution in [0, 0.1) is 0 Å². The van der Waals surface area contributed by atoms with Crippen molar-refractivity contribution in [3.05, 3.63) is 47.7 Å². The first-order valence-electron chi connectivity index (χ1n) is 9.18. The Labute approximate surface area is 160 Å². The maximum Gasteiger partial charge on any atom is 0.219 e. The normalized spacial score (nSPS) is 15.9. The van der Waals surface area contributed by atoms with Crippen molar-refractivity contribution in [2.45, 2.75) is 58.6 Å². The van der Waals surface area contributed by atoms with Gasteiger partial charge in [0.15, 0.2) is 17.3 Å². The first kappa shape index (κ1) is 19.2. The number of rotatable bonds is 5. The summed E-state index contributed by atoms with van der Waals surface area (Å²) in [6.07, 6.45) is 3.32. The number of hydroxylamine groups is 1. The Morgan fingerprint density at radius 2 is 2.11 bits per heavy atom. The topological polar surface area (TPSA) is 76.0 Å². The fraction of sp³-hybridized carbons (Fsp3) is 0.429. The summed E-state index contributed by atoms with van der Waals surface area (Å²) in [4.78, 5) is 8.90. The van der Waals surface area contributed by atoms with Gasteiger partial charge in [-0.2, -0.15) is 0 Å². The van der Waals surface area contributed by atoms with E-state index in [4.69, 9.17) is 9.47 Å². The molecule has 144 valence electrons. The van der Waals surface area contributed by atoms with Crippen LogP contribution in [0.4, 0.5) is 0 Å². The summed E-state index contributed by atoms with van der Waals surface area (Å²) < 4.78 is 12.0. The zero-order chi connectivity index (χ0) is 19.7. The van der Waals surface area contributed by atoms with E-state index in [-0.39, 0.29) is 11.1 Å². The lowest BCUT2D eigenvalue weighted by molar-refractivity contribution is 0.135. The van der Waals surface area contributed by atoms with E-state index < -0.39 is 0 Å². The van der Waals surface area contributed by atoms with Crippen LogP contribution in [0.15, 0.2) is 41.5 Å². The van der Waals surface area contributed by atoms with E-state index in [9.17, 15) is 5.21 Å². The van der Waals surface area contributed by atoms with E-state index in [1.807, 2.05) is 32.0 Å². The number of pyridine rings is 1. The number of ether oxygens (including phenoxy) is 2. The number of hydrogen-bond donors (Lipinski definition) is 2. The summed E-state index contributed by atoms with van der Waals surface area (Å²) >= 11 is 0. The highest BCUT2D eigenvalue weighted by Gasteiger charge is 2.32. The number of nitrogens with zero attached hydrogens (tertiary/aromatic N) is 2. The lowest BCUT2D eigenvalue weighted by Crippen LogP contribution is -2.27. The number of fused-ring (bicyclic) bond motifs is 1. The third-order valence-corrected chi connectivity index (χ3v) is 4.66. The summed E-state index contributed by atoms with van der Waals surface area (Å²) in [7, 11) is 0. The molecule has 6 heteroatoms. The van der Waals surface area contributed by atoms with Crippen LogP contribution in [-0.4, -0.2) is 27.2 Å². The molecule has 0 unspecified atom stereocenters. The molecular weight excluding hydrogens is 342 g/mol. The number of nitrogens with one attached hydrogen (secondary N) is 1. The van der Waals surface area contributed by atoms with Crippen molar-refractivity contribution in [2.24, 2.45) is 4.99 Å². The number of amidine groups is 1. The summed E-state index contributed by atoms with van der Waals surface area (Å²) in [5, 5.41) is 9.44. The average molecular weight is 369 g/mol. The number of benzene rings is 1. The van der Waals surface area contributed by atoms with Gasteiger partial charge in [0, 0.05) is 29.8 Å². The first-order valence-corrected chi connectivity index (χ1v) is 9.18. The zero-order valence-corrected chi connectivity index (χ0v) is 16.5. The highest BCUT2D eigenvalue weighted by molar-refractivity contribution is 5.98. The minimum absolute atomic E-state index is 0.233. The van der Waals surface area contributed by atoms with Crippen molar-refractivity contribution >= 4 is 5.84 Å². The van der Waals surface area contributed by atoms with Crippen LogP contribution >= 0.6 is 0 Å². The van der Waals surface area contributed by atoms with E-state index in [0.29, 0.717) is 23.0 Å². The molecule has 2 heterocycles. The molecule has 0 atom stereocenters. The largest absolute Gasteiger partial charge is 0.483 e. The van der Waals surface area contributed by atoms with Crippen molar-refractivity contribution in [3.8, 4) is 17.4 Å². The maximum atomic E-state index is 9.44. The molecule has 27 heavy (non-hydrogen) atoms. The van der Waals surface area contributed by atoms with E-state index in [1.54, 1.807) is 12.3 Å². The van der Waals surface area contributed by atoms with Crippen LogP contribution in [0.2, 0.25) is 0 Å². The second-order valence-electron chi connectivity index (χ2n) is 8.01. The van der Waals surface area contributed by atoms with Crippen LogP contribution in [0.25, 0.3) is 0 Å². The molecule has 1 aromatic heterocycles. The van der Waals surface area contributed by atoms with Gasteiger partial charge in [-0.05, 0) is 46.2 Å². The van der Waals surface area contributed by atoms with E-state index >= 15 is 0 Å². The number of aromatic nitrogens is 1. The van der Waals surface area contributed by atoms with Gasteiger partial charge in [-0.3, -0.25) is 15.7 Å². The molecule has 1 aliphatic rings. The average Bonchev–Trinajstić information content (AvgIpc) is 2.95. The zero-order valence-electron chi connectivity index (χ0n) is 16.5. The second kappa shape index (κ2) is 7.19. The lowest BCUT2D eigenvalue weighted by atomic mass is 10.0. The quantitative estimate of drug-likeness (QED) is 0.461. The second-order valence-corrected chi connectivity index (χ2v) is 8.01. The molecule has 1 aromatic carbocycles. The SMILES string of the molecule is CCC(C)(C)N=C(NO)c1ccc(Oc2cccc3c2OC(C)(C)C3)nc1. The molecule has 0 amide bonds. The molecule has 0 bridgehead atoms. The van der Waals surface area contributed by atoms with Gasteiger partial charge < -0.3 is 9.47 Å². The molecule has 0 fully saturated rings. The Morgan fingerprint density at radius 1 is 1.33 bits per heavy atom. The highest BCUT2D eigenvalue weighted by atomic mass is 16.5. The van der Waals surface area contributed by atoms with Gasteiger partial charge in [0.25, 0.3) is 0 Å². The standard InChI is InChI=1S/C21H27N3O3/c1-6-20(2,3)23-19(24-25)15-10-11-17(22-13-15)26-16-9-7-8-14-12-21(4,5)27-18(14)16/h7-11,13,25H,6,12H2,1-5H3,(H,23,24). The summed E-state index contributed by atoms with van der Waals surface area (Å²) in [6.45, 7) is 10.2. The van der Waals surface area contributed by atoms with Gasteiger partial charge in [0.2, 0.25) is 5.88 Å². The van der Waals surface area contributed by atoms with Crippen molar-refractivity contribution in [2.75, 3.05) is 0 Å². The third kappa shape index (κ3) is 4.39. The van der Waals surface area contributed by atoms with Gasteiger partial charge in [0.05, 0.1) is 5.54 Å². The van der Waals surface area contributed by atoms with Crippen LogP contribution in [-0.2, 0) is 6.42 Å². The molecule has 0 spiro atoms. The van der Waals surface area contributed by atoms with E-state index in [2.05, 4.69) is 42.3 Å². The molecule has 0 saturated heterocycles. The summed E-state index contributed by atoms with van der Waals surface area (Å²) in [5.41, 5.74) is 3.47. The van der Waals surface area contributed by atoms with E-state index in [0.717, 1.165) is 24.2 Å². The Hall–Kier alpha value is -2.60. The predicted molar refractivity (Wildman–Crippen MR) is 105 cm³/mol. The Morgan fingerprint density at radius 3 is 2.74 bits per heavy atom. The fourth-order valence-electron chi connectivity index (χ4n) is 2.90. The van der Waals surface area contributed by atoms with Gasteiger partial charge >= 0.3 is 0 Å². The molecular formula is C21H27N3O3. The predicted octanol–water partition coefficient (Wildman–Crippen LogP) is 4.50. The Bertz CT molecular complexity index is 842. The molecule has 1 aliphatic heterocycles. The van der Waals surface area contributed by atoms with Gasteiger partial charge in [0.1, 0.15) is 5.60 Å². The van der Waals surface area contributed by atoms with Crippen LogP contribution in [0.3, 0.4) is 0 Å². The summed E-state index contributed by atoms with van der Waals surface area (Å²) in [6, 6.07) is 9.45. The minimum atomic E-state index is -0.283. The van der Waals surface area contributed by atoms with Gasteiger partial charge in [-0.1, -0.05) is 19.1 Å². The third-order valence-electron chi connectivity index (χ3n) is 4.66. The number of para-hydroxylation sites is 1. The van der Waals surface area contributed by atoms with Crippen LogP contribution < -0.4 is 15.0 Å². The molecule has 3 rings (SSSR count). The van der Waals surface area contributed by atoms with Crippen LogP contribution in [0.5, 0.6) is 17.4 Å². The molecule has 0 saturated carbocycles. The lowest BCUT2D eigenvalue weighted by Gasteiger charge is -2.19. The Kier molecular flexibility index (Phi) is 5.11. The molecule has 6 nitrogen and oxygen atoms in total. The van der Waals surface area contributed by atoms with E-state index in [1.165, 1.54) is 0 Å². The molecule has 2 aromatic rings. The van der Waals surface area contributed by atoms with Crippen LogP contribution in [0.1, 0.15) is 52.2 Å². The number of hydrogen-bond acceptors (Lipinski definition) is 5. The fourth-order valence-corrected chi connectivity index (χ4v) is 2.90. The van der Waals surface area contributed by atoms with Crippen molar-refractivity contribution < 1.29 is 14.7 Å².